The maximum absolute atomic E-state index is 11.1. The average Bonchev–Trinajstić information content (AvgIpc) is 2.45. The number of hydrogen-bond acceptors (Lipinski definition) is 4. The number of hydrogen-bond donors (Lipinski definition) is 2. The van der Waals surface area contributed by atoms with Gasteiger partial charge < -0.3 is 19.9 Å². The summed E-state index contributed by atoms with van der Waals surface area (Å²) in [6, 6.07) is 5.70. The Kier molecular flexibility index (Phi) is 6.49. The van der Waals surface area contributed by atoms with Crippen LogP contribution in [0.25, 0.3) is 0 Å². The minimum absolute atomic E-state index is 0.0878. The number of carboxylic acids is 1. The van der Waals surface area contributed by atoms with Gasteiger partial charge >= 0.3 is 5.97 Å². The van der Waals surface area contributed by atoms with Gasteiger partial charge in [-0.1, -0.05) is 13.0 Å². The normalized spacial score (nSPS) is 11.2. The van der Waals surface area contributed by atoms with E-state index >= 15 is 0 Å². The quantitative estimate of drug-likeness (QED) is 0.686. The SMILES string of the molecule is CCCNCc1ccc(OC)c(OCC(C)(C)C(=O)O)c1. The van der Waals surface area contributed by atoms with Gasteiger partial charge in [0.2, 0.25) is 0 Å². The Hall–Kier alpha value is -1.75. The van der Waals surface area contributed by atoms with Gasteiger partial charge in [0, 0.05) is 6.54 Å². The summed E-state index contributed by atoms with van der Waals surface area (Å²) >= 11 is 0. The zero-order valence-electron chi connectivity index (χ0n) is 13.2. The van der Waals surface area contributed by atoms with Gasteiger partial charge in [-0.3, -0.25) is 4.79 Å². The van der Waals surface area contributed by atoms with Gasteiger partial charge in [0.05, 0.1) is 12.5 Å². The lowest BCUT2D eigenvalue weighted by molar-refractivity contribution is -0.148. The summed E-state index contributed by atoms with van der Waals surface area (Å²) < 4.78 is 10.9. The van der Waals surface area contributed by atoms with Crippen LogP contribution in [0.3, 0.4) is 0 Å². The first-order valence-corrected chi connectivity index (χ1v) is 7.14. The van der Waals surface area contributed by atoms with E-state index < -0.39 is 11.4 Å². The van der Waals surface area contributed by atoms with E-state index in [1.54, 1.807) is 21.0 Å². The number of rotatable bonds is 9. The molecule has 0 unspecified atom stereocenters. The van der Waals surface area contributed by atoms with Crippen molar-refractivity contribution in [2.45, 2.75) is 33.7 Å². The molecule has 21 heavy (non-hydrogen) atoms. The molecule has 0 aliphatic rings. The molecular weight excluding hydrogens is 270 g/mol. The van der Waals surface area contributed by atoms with Crippen LogP contribution < -0.4 is 14.8 Å². The van der Waals surface area contributed by atoms with Gasteiger partial charge in [0.1, 0.15) is 6.61 Å². The molecule has 0 bridgehead atoms. The molecule has 0 heterocycles. The molecule has 118 valence electrons. The zero-order chi connectivity index (χ0) is 15.9. The van der Waals surface area contributed by atoms with E-state index in [0.717, 1.165) is 25.1 Å². The van der Waals surface area contributed by atoms with E-state index in [1.807, 2.05) is 18.2 Å². The second kappa shape index (κ2) is 7.88. The van der Waals surface area contributed by atoms with Crippen molar-refractivity contribution in [2.75, 3.05) is 20.3 Å². The van der Waals surface area contributed by atoms with E-state index in [2.05, 4.69) is 12.2 Å². The molecule has 0 atom stereocenters. The summed E-state index contributed by atoms with van der Waals surface area (Å²) in [5, 5.41) is 12.4. The lowest BCUT2D eigenvalue weighted by Crippen LogP contribution is -2.30. The largest absolute Gasteiger partial charge is 0.493 e. The lowest BCUT2D eigenvalue weighted by atomic mass is 9.95. The van der Waals surface area contributed by atoms with Gasteiger partial charge in [-0.2, -0.15) is 0 Å². The van der Waals surface area contributed by atoms with Crippen molar-refractivity contribution in [3.8, 4) is 11.5 Å². The number of ether oxygens (including phenoxy) is 2. The molecule has 0 saturated carbocycles. The van der Waals surface area contributed by atoms with Crippen LogP contribution in [0.1, 0.15) is 32.8 Å². The molecule has 0 radical (unpaired) electrons. The Morgan fingerprint density at radius 3 is 2.62 bits per heavy atom. The van der Waals surface area contributed by atoms with Crippen LogP contribution in [0, 0.1) is 5.41 Å². The molecule has 5 heteroatoms. The summed E-state index contributed by atoms with van der Waals surface area (Å²) in [6.07, 6.45) is 1.08. The Morgan fingerprint density at radius 2 is 2.05 bits per heavy atom. The predicted octanol–water partition coefficient (Wildman–Crippen LogP) is 2.68. The van der Waals surface area contributed by atoms with Gasteiger partial charge in [-0.25, -0.2) is 0 Å². The van der Waals surface area contributed by atoms with Gasteiger partial charge in [0.25, 0.3) is 0 Å². The minimum atomic E-state index is -0.943. The molecule has 0 fully saturated rings. The second-order valence-corrected chi connectivity index (χ2v) is 5.64. The third-order valence-corrected chi connectivity index (χ3v) is 3.15. The third-order valence-electron chi connectivity index (χ3n) is 3.15. The maximum atomic E-state index is 11.1. The summed E-state index contributed by atoms with van der Waals surface area (Å²) in [7, 11) is 1.57. The van der Waals surface area contributed by atoms with E-state index in [4.69, 9.17) is 14.6 Å². The van der Waals surface area contributed by atoms with Crippen LogP contribution in [0.4, 0.5) is 0 Å². The van der Waals surface area contributed by atoms with Crippen LogP contribution in [0.15, 0.2) is 18.2 Å². The van der Waals surface area contributed by atoms with Crippen molar-refractivity contribution < 1.29 is 19.4 Å². The number of benzene rings is 1. The first-order chi connectivity index (χ1) is 9.90. The van der Waals surface area contributed by atoms with E-state index in [1.165, 1.54) is 0 Å². The number of carbonyl (C=O) groups is 1. The highest BCUT2D eigenvalue weighted by atomic mass is 16.5. The Morgan fingerprint density at radius 1 is 1.33 bits per heavy atom. The van der Waals surface area contributed by atoms with Crippen molar-refractivity contribution in [2.24, 2.45) is 5.41 Å². The van der Waals surface area contributed by atoms with Crippen LogP contribution in [-0.4, -0.2) is 31.3 Å². The molecule has 1 aromatic rings. The van der Waals surface area contributed by atoms with Gasteiger partial charge in [-0.15, -0.1) is 0 Å². The third kappa shape index (κ3) is 5.27. The molecule has 2 N–H and O–H groups in total. The summed E-state index contributed by atoms with van der Waals surface area (Å²) in [6.45, 7) is 7.17. The van der Waals surface area contributed by atoms with E-state index in [-0.39, 0.29) is 6.61 Å². The molecule has 0 aliphatic carbocycles. The Labute approximate surface area is 126 Å². The predicted molar refractivity (Wildman–Crippen MR) is 81.9 cm³/mol. The summed E-state index contributed by atoms with van der Waals surface area (Å²) in [4.78, 5) is 11.1. The van der Waals surface area contributed by atoms with Crippen molar-refractivity contribution in [1.29, 1.82) is 0 Å². The highest BCUT2D eigenvalue weighted by Gasteiger charge is 2.28. The van der Waals surface area contributed by atoms with Gasteiger partial charge in [0.15, 0.2) is 11.5 Å². The topological polar surface area (TPSA) is 67.8 Å². The minimum Gasteiger partial charge on any atom is -0.493 e. The number of methoxy groups -OCH3 is 1. The van der Waals surface area contributed by atoms with Crippen LogP contribution >= 0.6 is 0 Å². The van der Waals surface area contributed by atoms with Crippen LogP contribution in [0.5, 0.6) is 11.5 Å². The Balaban J connectivity index is 2.78. The average molecular weight is 295 g/mol. The van der Waals surface area contributed by atoms with Crippen molar-refractivity contribution in [1.82, 2.24) is 5.32 Å². The summed E-state index contributed by atoms with van der Waals surface area (Å²) in [5.74, 6) is 0.292. The molecule has 0 spiro atoms. The molecule has 1 aromatic carbocycles. The smallest absolute Gasteiger partial charge is 0.312 e. The fraction of sp³-hybridized carbons (Fsp3) is 0.562. The molecule has 0 saturated heterocycles. The monoisotopic (exact) mass is 295 g/mol. The Bertz CT molecular complexity index is 471. The second-order valence-electron chi connectivity index (χ2n) is 5.64. The maximum Gasteiger partial charge on any atom is 0.312 e. The number of nitrogens with one attached hydrogen (secondary N) is 1. The van der Waals surface area contributed by atoms with Crippen molar-refractivity contribution >= 4 is 5.97 Å². The van der Waals surface area contributed by atoms with Gasteiger partial charge in [-0.05, 0) is 44.5 Å². The van der Waals surface area contributed by atoms with E-state index in [0.29, 0.717) is 11.5 Å². The van der Waals surface area contributed by atoms with Crippen LogP contribution in [0.2, 0.25) is 0 Å². The molecule has 1 rings (SSSR count). The molecule has 0 aromatic heterocycles. The zero-order valence-corrected chi connectivity index (χ0v) is 13.2. The fourth-order valence-corrected chi connectivity index (χ4v) is 1.67. The first kappa shape index (κ1) is 17.3. The molecule has 0 aliphatic heterocycles. The van der Waals surface area contributed by atoms with Crippen LogP contribution in [-0.2, 0) is 11.3 Å². The molecular formula is C16H25NO4. The number of carboxylic acid groups (broad SMARTS) is 1. The highest BCUT2D eigenvalue weighted by molar-refractivity contribution is 5.73. The fourth-order valence-electron chi connectivity index (χ4n) is 1.67. The van der Waals surface area contributed by atoms with E-state index in [9.17, 15) is 4.79 Å². The lowest BCUT2D eigenvalue weighted by Gasteiger charge is -2.21. The highest BCUT2D eigenvalue weighted by Crippen LogP contribution is 2.30. The van der Waals surface area contributed by atoms with Crippen molar-refractivity contribution in [3.05, 3.63) is 23.8 Å². The first-order valence-electron chi connectivity index (χ1n) is 7.14. The summed E-state index contributed by atoms with van der Waals surface area (Å²) in [5.41, 5.74) is 0.133. The molecule has 0 amide bonds. The van der Waals surface area contributed by atoms with Crippen molar-refractivity contribution in [3.63, 3.8) is 0 Å². The standard InChI is InChI=1S/C16H25NO4/c1-5-8-17-10-12-6-7-13(20-4)14(9-12)21-11-16(2,3)15(18)19/h6-7,9,17H,5,8,10-11H2,1-4H3,(H,18,19). The number of aliphatic carboxylic acids is 1. The molecule has 5 nitrogen and oxygen atoms in total.